The molecule has 0 radical (unpaired) electrons. The highest BCUT2D eigenvalue weighted by atomic mass is 16.5. The molecule has 1 aliphatic rings. The van der Waals surface area contributed by atoms with Gasteiger partial charge in [0.15, 0.2) is 0 Å². The fourth-order valence-electron chi connectivity index (χ4n) is 2.81. The lowest BCUT2D eigenvalue weighted by atomic mass is 10.0. The number of nitrogens with two attached hydrogens (primary N) is 1. The highest BCUT2D eigenvalue weighted by molar-refractivity contribution is 5.76. The number of hydrogen-bond donors (Lipinski definition) is 2. The van der Waals surface area contributed by atoms with Gasteiger partial charge < -0.3 is 15.8 Å². The molecule has 4 heteroatoms. The van der Waals surface area contributed by atoms with Crippen molar-refractivity contribution in [2.24, 2.45) is 5.73 Å². The fourth-order valence-corrected chi connectivity index (χ4v) is 2.81. The second-order valence-electron chi connectivity index (χ2n) is 5.43. The Bertz CT molecular complexity index is 422. The summed E-state index contributed by atoms with van der Waals surface area (Å²) in [6.45, 7) is 0. The Morgan fingerprint density at radius 1 is 1.40 bits per heavy atom. The summed E-state index contributed by atoms with van der Waals surface area (Å²) in [7, 11) is 1.71. The largest absolute Gasteiger partial charge is 0.379 e. The summed E-state index contributed by atoms with van der Waals surface area (Å²) in [4.78, 5) is 12.0. The van der Waals surface area contributed by atoms with Gasteiger partial charge in [-0.05, 0) is 31.2 Å². The van der Waals surface area contributed by atoms with Gasteiger partial charge in [0.05, 0.1) is 12.1 Å². The van der Waals surface area contributed by atoms with E-state index in [1.165, 1.54) is 0 Å². The minimum absolute atomic E-state index is 0.0744. The maximum atomic E-state index is 12.0. The molecule has 0 aliphatic heterocycles. The van der Waals surface area contributed by atoms with Gasteiger partial charge in [0.25, 0.3) is 0 Å². The highest BCUT2D eigenvalue weighted by Gasteiger charge is 2.28. The van der Waals surface area contributed by atoms with Crippen molar-refractivity contribution in [2.75, 3.05) is 7.11 Å². The average molecular weight is 276 g/mol. The van der Waals surface area contributed by atoms with Crippen molar-refractivity contribution < 1.29 is 9.53 Å². The van der Waals surface area contributed by atoms with Gasteiger partial charge in [0.1, 0.15) is 0 Å². The zero-order chi connectivity index (χ0) is 14.4. The maximum Gasteiger partial charge on any atom is 0.220 e. The zero-order valence-corrected chi connectivity index (χ0v) is 12.0. The van der Waals surface area contributed by atoms with Gasteiger partial charge in [-0.2, -0.15) is 0 Å². The quantitative estimate of drug-likeness (QED) is 0.836. The van der Waals surface area contributed by atoms with Gasteiger partial charge >= 0.3 is 0 Å². The minimum atomic E-state index is -0.0799. The first-order valence-electron chi connectivity index (χ1n) is 7.33. The third-order valence-electron chi connectivity index (χ3n) is 4.01. The summed E-state index contributed by atoms with van der Waals surface area (Å²) in [5, 5.41) is 3.07. The van der Waals surface area contributed by atoms with Crippen LogP contribution < -0.4 is 11.1 Å². The number of methoxy groups -OCH3 is 1. The molecular formula is C16H24N2O2. The van der Waals surface area contributed by atoms with Crippen molar-refractivity contribution >= 4 is 5.91 Å². The number of carbonyl (C=O) groups is 1. The third kappa shape index (κ3) is 4.05. The van der Waals surface area contributed by atoms with E-state index >= 15 is 0 Å². The van der Waals surface area contributed by atoms with E-state index < -0.39 is 0 Å². The minimum Gasteiger partial charge on any atom is -0.379 e. The lowest BCUT2D eigenvalue weighted by Gasteiger charge is -2.20. The molecule has 1 fully saturated rings. The third-order valence-corrected chi connectivity index (χ3v) is 4.01. The Morgan fingerprint density at radius 3 is 2.85 bits per heavy atom. The van der Waals surface area contributed by atoms with Gasteiger partial charge in [-0.15, -0.1) is 0 Å². The SMILES string of the molecule is COC1CCCC1NC(=O)CCC(N)c1ccccc1. The van der Waals surface area contributed by atoms with Crippen molar-refractivity contribution in [1.82, 2.24) is 5.32 Å². The Labute approximate surface area is 120 Å². The van der Waals surface area contributed by atoms with Crippen molar-refractivity contribution in [3.63, 3.8) is 0 Å². The summed E-state index contributed by atoms with van der Waals surface area (Å²) in [6, 6.07) is 9.99. The van der Waals surface area contributed by atoms with Crippen LogP contribution in [-0.2, 0) is 9.53 Å². The normalized spacial score (nSPS) is 23.5. The number of hydrogen-bond acceptors (Lipinski definition) is 3. The lowest BCUT2D eigenvalue weighted by molar-refractivity contribution is -0.122. The summed E-state index contributed by atoms with van der Waals surface area (Å²) in [5.74, 6) is 0.0744. The molecule has 1 aromatic carbocycles. The van der Waals surface area contributed by atoms with Gasteiger partial charge in [-0.3, -0.25) is 4.79 Å². The molecule has 3 atom stereocenters. The monoisotopic (exact) mass is 276 g/mol. The molecule has 20 heavy (non-hydrogen) atoms. The second-order valence-corrected chi connectivity index (χ2v) is 5.43. The van der Waals surface area contributed by atoms with Crippen LogP contribution in [0.4, 0.5) is 0 Å². The van der Waals surface area contributed by atoms with Gasteiger partial charge in [0, 0.05) is 19.6 Å². The Hall–Kier alpha value is -1.39. The van der Waals surface area contributed by atoms with E-state index in [-0.39, 0.29) is 24.1 Å². The van der Waals surface area contributed by atoms with Crippen molar-refractivity contribution in [3.8, 4) is 0 Å². The molecule has 4 nitrogen and oxygen atoms in total. The molecule has 0 heterocycles. The van der Waals surface area contributed by atoms with Crippen LogP contribution in [0, 0.1) is 0 Å². The smallest absolute Gasteiger partial charge is 0.220 e. The van der Waals surface area contributed by atoms with E-state index in [2.05, 4.69) is 5.32 Å². The second kappa shape index (κ2) is 7.41. The number of ether oxygens (including phenoxy) is 1. The van der Waals surface area contributed by atoms with Crippen LogP contribution in [0.15, 0.2) is 30.3 Å². The van der Waals surface area contributed by atoms with Crippen LogP contribution in [0.2, 0.25) is 0 Å². The van der Waals surface area contributed by atoms with Gasteiger partial charge in [-0.1, -0.05) is 30.3 Å². The molecule has 0 bridgehead atoms. The topological polar surface area (TPSA) is 64.3 Å². The van der Waals surface area contributed by atoms with E-state index in [1.54, 1.807) is 7.11 Å². The summed E-state index contributed by atoms with van der Waals surface area (Å²) in [6.07, 6.45) is 4.46. The lowest BCUT2D eigenvalue weighted by Crippen LogP contribution is -2.40. The number of nitrogens with one attached hydrogen (secondary N) is 1. The average Bonchev–Trinajstić information content (AvgIpc) is 2.92. The molecular weight excluding hydrogens is 252 g/mol. The van der Waals surface area contributed by atoms with Crippen molar-refractivity contribution in [3.05, 3.63) is 35.9 Å². The van der Waals surface area contributed by atoms with Crippen LogP contribution in [0.3, 0.4) is 0 Å². The molecule has 1 aliphatic carbocycles. The molecule has 110 valence electrons. The summed E-state index contributed by atoms with van der Waals surface area (Å²) in [5.41, 5.74) is 7.18. The van der Waals surface area contributed by atoms with E-state index in [0.717, 1.165) is 24.8 Å². The standard InChI is InChI=1S/C16H24N2O2/c1-20-15-9-5-8-14(15)18-16(19)11-10-13(17)12-6-3-2-4-7-12/h2-4,6-7,13-15H,5,8-11,17H2,1H3,(H,18,19). The van der Waals surface area contributed by atoms with Crippen molar-refractivity contribution in [2.45, 2.75) is 50.3 Å². The van der Waals surface area contributed by atoms with Crippen molar-refractivity contribution in [1.29, 1.82) is 0 Å². The zero-order valence-electron chi connectivity index (χ0n) is 12.0. The molecule has 2 rings (SSSR count). The molecule has 0 spiro atoms. The van der Waals surface area contributed by atoms with Crippen LogP contribution in [0.25, 0.3) is 0 Å². The number of carbonyl (C=O) groups excluding carboxylic acids is 1. The van der Waals surface area contributed by atoms with Crippen LogP contribution in [-0.4, -0.2) is 25.2 Å². The Morgan fingerprint density at radius 2 is 2.15 bits per heavy atom. The highest BCUT2D eigenvalue weighted by Crippen LogP contribution is 2.22. The number of amides is 1. The summed E-state index contributed by atoms with van der Waals surface area (Å²) >= 11 is 0. The molecule has 3 N–H and O–H groups in total. The van der Waals surface area contributed by atoms with E-state index in [0.29, 0.717) is 12.8 Å². The Kier molecular flexibility index (Phi) is 5.56. The molecule has 1 amide bonds. The first-order valence-corrected chi connectivity index (χ1v) is 7.33. The predicted octanol–water partition coefficient (Wildman–Crippen LogP) is 2.15. The molecule has 0 aromatic heterocycles. The maximum absolute atomic E-state index is 12.0. The van der Waals surface area contributed by atoms with Crippen LogP contribution in [0.1, 0.15) is 43.7 Å². The van der Waals surface area contributed by atoms with E-state index in [9.17, 15) is 4.79 Å². The first-order chi connectivity index (χ1) is 9.70. The van der Waals surface area contributed by atoms with E-state index in [4.69, 9.17) is 10.5 Å². The predicted molar refractivity (Wildman–Crippen MR) is 79.2 cm³/mol. The fraction of sp³-hybridized carbons (Fsp3) is 0.562. The molecule has 0 saturated heterocycles. The van der Waals surface area contributed by atoms with E-state index in [1.807, 2.05) is 30.3 Å². The molecule has 3 unspecified atom stereocenters. The van der Waals surface area contributed by atoms with Gasteiger partial charge in [0.2, 0.25) is 5.91 Å². The number of benzene rings is 1. The number of rotatable bonds is 6. The van der Waals surface area contributed by atoms with Gasteiger partial charge in [-0.25, -0.2) is 0 Å². The van der Waals surface area contributed by atoms with Crippen LogP contribution in [0.5, 0.6) is 0 Å². The summed E-state index contributed by atoms with van der Waals surface area (Å²) < 4.78 is 5.38. The molecule has 1 saturated carbocycles. The first kappa shape index (κ1) is 15.0. The Balaban J connectivity index is 1.75. The van der Waals surface area contributed by atoms with Crippen LogP contribution >= 0.6 is 0 Å². The molecule has 1 aromatic rings.